The van der Waals surface area contributed by atoms with Gasteiger partial charge in [-0.3, -0.25) is 4.79 Å². The number of benzene rings is 1. The third-order valence-electron chi connectivity index (χ3n) is 2.40. The largest absolute Gasteiger partial charge is 0.452 e. The molecule has 0 saturated carbocycles. The number of nitrogens with zero attached hydrogens (tertiary/aromatic N) is 1. The zero-order chi connectivity index (χ0) is 14.4. The summed E-state index contributed by atoms with van der Waals surface area (Å²) in [5.74, 6) is -0.794. The second-order valence-electron chi connectivity index (χ2n) is 4.74. The highest BCUT2D eigenvalue weighted by molar-refractivity contribution is 5.91. The lowest BCUT2D eigenvalue weighted by Crippen LogP contribution is -2.33. The Labute approximate surface area is 113 Å². The second kappa shape index (κ2) is 6.78. The first-order valence-electron chi connectivity index (χ1n) is 6.14. The van der Waals surface area contributed by atoms with Gasteiger partial charge >= 0.3 is 5.97 Å². The third kappa shape index (κ3) is 4.99. The number of carbonyl (C=O) groups excluding carboxylic acids is 2. The Balaban J connectivity index is 2.52. The van der Waals surface area contributed by atoms with Gasteiger partial charge < -0.3 is 15.0 Å². The van der Waals surface area contributed by atoms with E-state index in [1.807, 2.05) is 45.0 Å². The lowest BCUT2D eigenvalue weighted by molar-refractivity contribution is -0.124. The zero-order valence-electron chi connectivity index (χ0n) is 11.8. The molecule has 0 spiro atoms. The van der Waals surface area contributed by atoms with Gasteiger partial charge in [-0.2, -0.15) is 0 Å². The zero-order valence-corrected chi connectivity index (χ0v) is 11.8. The molecular weight excluding hydrogens is 244 g/mol. The number of hydrogen-bond donors (Lipinski definition) is 1. The van der Waals surface area contributed by atoms with E-state index in [1.165, 1.54) is 0 Å². The van der Waals surface area contributed by atoms with Gasteiger partial charge in [0.1, 0.15) is 0 Å². The van der Waals surface area contributed by atoms with Gasteiger partial charge in [-0.15, -0.1) is 0 Å². The Hall–Kier alpha value is -2.04. The van der Waals surface area contributed by atoms with Gasteiger partial charge in [-0.1, -0.05) is 0 Å². The summed E-state index contributed by atoms with van der Waals surface area (Å²) in [6, 6.07) is 7.04. The molecule has 0 saturated heterocycles. The molecule has 0 aliphatic carbocycles. The van der Waals surface area contributed by atoms with E-state index in [2.05, 4.69) is 5.32 Å². The van der Waals surface area contributed by atoms with Crippen LogP contribution in [0.1, 0.15) is 24.2 Å². The molecule has 1 aromatic carbocycles. The van der Waals surface area contributed by atoms with E-state index in [-0.39, 0.29) is 18.6 Å². The normalized spacial score (nSPS) is 10.2. The van der Waals surface area contributed by atoms with Crippen LogP contribution in [-0.4, -0.2) is 38.6 Å². The van der Waals surface area contributed by atoms with Crippen molar-refractivity contribution in [2.75, 3.05) is 25.6 Å². The first-order chi connectivity index (χ1) is 8.90. The van der Waals surface area contributed by atoms with Crippen LogP contribution in [0.15, 0.2) is 24.3 Å². The molecule has 0 bridgehead atoms. The van der Waals surface area contributed by atoms with Gasteiger partial charge in [0, 0.05) is 25.8 Å². The number of amides is 1. The van der Waals surface area contributed by atoms with Gasteiger partial charge in [-0.05, 0) is 38.1 Å². The molecule has 0 aromatic heterocycles. The van der Waals surface area contributed by atoms with E-state index < -0.39 is 5.97 Å². The van der Waals surface area contributed by atoms with Crippen LogP contribution in [0.2, 0.25) is 0 Å². The van der Waals surface area contributed by atoms with Crippen LogP contribution in [0.3, 0.4) is 0 Å². The molecule has 1 N–H and O–H groups in total. The third-order valence-corrected chi connectivity index (χ3v) is 2.40. The standard InChI is InChI=1S/C14H20N2O3/c1-10(2)15-13(17)9-19-14(18)11-5-7-12(8-6-11)16(3)4/h5-8,10H,9H2,1-4H3,(H,15,17). The van der Waals surface area contributed by atoms with Gasteiger partial charge in [0.15, 0.2) is 6.61 Å². The quantitative estimate of drug-likeness (QED) is 0.817. The van der Waals surface area contributed by atoms with Crippen LogP contribution < -0.4 is 10.2 Å². The fourth-order valence-corrected chi connectivity index (χ4v) is 1.47. The highest BCUT2D eigenvalue weighted by atomic mass is 16.5. The molecule has 1 amide bonds. The highest BCUT2D eigenvalue weighted by Gasteiger charge is 2.10. The predicted octanol–water partition coefficient (Wildman–Crippen LogP) is 1.43. The van der Waals surface area contributed by atoms with Crippen LogP contribution in [0, 0.1) is 0 Å². The van der Waals surface area contributed by atoms with Crippen LogP contribution in [0.25, 0.3) is 0 Å². The van der Waals surface area contributed by atoms with Crippen molar-refractivity contribution in [1.29, 1.82) is 0 Å². The summed E-state index contributed by atoms with van der Waals surface area (Å²) in [6.07, 6.45) is 0. The van der Waals surface area contributed by atoms with Gasteiger partial charge in [0.2, 0.25) is 0 Å². The van der Waals surface area contributed by atoms with Crippen molar-refractivity contribution in [2.24, 2.45) is 0 Å². The highest BCUT2D eigenvalue weighted by Crippen LogP contribution is 2.12. The Kier molecular flexibility index (Phi) is 5.36. The Morgan fingerprint density at radius 2 is 1.79 bits per heavy atom. The molecule has 0 unspecified atom stereocenters. The molecule has 19 heavy (non-hydrogen) atoms. The Bertz CT molecular complexity index is 439. The lowest BCUT2D eigenvalue weighted by atomic mass is 10.2. The summed E-state index contributed by atoms with van der Waals surface area (Å²) in [5, 5.41) is 2.65. The minimum Gasteiger partial charge on any atom is -0.452 e. The number of hydrogen-bond acceptors (Lipinski definition) is 4. The van der Waals surface area contributed by atoms with Gasteiger partial charge in [0.05, 0.1) is 5.56 Å². The molecule has 1 aromatic rings. The molecular formula is C14H20N2O3. The van der Waals surface area contributed by atoms with Crippen molar-refractivity contribution in [3.8, 4) is 0 Å². The maximum atomic E-state index is 11.7. The van der Waals surface area contributed by atoms with E-state index >= 15 is 0 Å². The van der Waals surface area contributed by atoms with E-state index in [4.69, 9.17) is 4.74 Å². The van der Waals surface area contributed by atoms with Crippen molar-refractivity contribution in [3.63, 3.8) is 0 Å². The maximum absolute atomic E-state index is 11.7. The van der Waals surface area contributed by atoms with E-state index in [1.54, 1.807) is 12.1 Å². The predicted molar refractivity (Wildman–Crippen MR) is 74.3 cm³/mol. The SMILES string of the molecule is CC(C)NC(=O)COC(=O)c1ccc(N(C)C)cc1. The molecule has 0 radical (unpaired) electrons. The molecule has 0 aliphatic heterocycles. The van der Waals surface area contributed by atoms with E-state index in [0.717, 1.165) is 5.69 Å². The first-order valence-corrected chi connectivity index (χ1v) is 6.14. The van der Waals surface area contributed by atoms with Crippen LogP contribution in [-0.2, 0) is 9.53 Å². The maximum Gasteiger partial charge on any atom is 0.338 e. The fraction of sp³-hybridized carbons (Fsp3) is 0.429. The Morgan fingerprint density at radius 1 is 1.21 bits per heavy atom. The number of rotatable bonds is 5. The minimum absolute atomic E-state index is 0.0329. The van der Waals surface area contributed by atoms with Crippen LogP contribution in [0.4, 0.5) is 5.69 Å². The smallest absolute Gasteiger partial charge is 0.338 e. The molecule has 0 fully saturated rings. The molecule has 5 heteroatoms. The van der Waals surface area contributed by atoms with Crippen LogP contribution in [0.5, 0.6) is 0 Å². The average Bonchev–Trinajstić information content (AvgIpc) is 2.35. The molecule has 0 atom stereocenters. The second-order valence-corrected chi connectivity index (χ2v) is 4.74. The number of nitrogens with one attached hydrogen (secondary N) is 1. The molecule has 104 valence electrons. The van der Waals surface area contributed by atoms with Crippen molar-refractivity contribution in [3.05, 3.63) is 29.8 Å². The number of esters is 1. The molecule has 1 rings (SSSR count). The number of anilines is 1. The topological polar surface area (TPSA) is 58.6 Å². The molecule has 0 heterocycles. The summed E-state index contributed by atoms with van der Waals surface area (Å²) in [4.78, 5) is 25.0. The number of ether oxygens (including phenoxy) is 1. The van der Waals surface area contributed by atoms with Crippen molar-refractivity contribution >= 4 is 17.6 Å². The average molecular weight is 264 g/mol. The monoisotopic (exact) mass is 264 g/mol. The summed E-state index contributed by atoms with van der Waals surface area (Å²) in [6.45, 7) is 3.44. The number of carbonyl (C=O) groups is 2. The minimum atomic E-state index is -0.496. The molecule has 5 nitrogen and oxygen atoms in total. The lowest BCUT2D eigenvalue weighted by Gasteiger charge is -2.12. The first kappa shape index (κ1) is 15.0. The van der Waals surface area contributed by atoms with Crippen molar-refractivity contribution in [2.45, 2.75) is 19.9 Å². The summed E-state index contributed by atoms with van der Waals surface area (Å²) in [7, 11) is 3.84. The van der Waals surface area contributed by atoms with Gasteiger partial charge in [-0.25, -0.2) is 4.79 Å². The summed E-state index contributed by atoms with van der Waals surface area (Å²) < 4.78 is 4.93. The summed E-state index contributed by atoms with van der Waals surface area (Å²) >= 11 is 0. The van der Waals surface area contributed by atoms with E-state index in [9.17, 15) is 9.59 Å². The van der Waals surface area contributed by atoms with Crippen molar-refractivity contribution < 1.29 is 14.3 Å². The fourth-order valence-electron chi connectivity index (χ4n) is 1.47. The van der Waals surface area contributed by atoms with E-state index in [0.29, 0.717) is 5.56 Å². The van der Waals surface area contributed by atoms with Crippen molar-refractivity contribution in [1.82, 2.24) is 5.32 Å². The Morgan fingerprint density at radius 3 is 2.26 bits per heavy atom. The van der Waals surface area contributed by atoms with Crippen LogP contribution >= 0.6 is 0 Å². The molecule has 0 aliphatic rings. The summed E-state index contributed by atoms with van der Waals surface area (Å²) in [5.41, 5.74) is 1.43. The van der Waals surface area contributed by atoms with Gasteiger partial charge in [0.25, 0.3) is 5.91 Å².